The Kier molecular flexibility index (Phi) is 2.70. The Hall–Kier alpha value is -1.62. The highest BCUT2D eigenvalue weighted by Crippen LogP contribution is 2.31. The third-order valence-corrected chi connectivity index (χ3v) is 3.75. The number of para-hydroxylation sites is 1. The first-order valence-electron chi connectivity index (χ1n) is 6.21. The SMILES string of the molecule is Nc1cccc2c1NC(=O)C(N1CC[C@H](F)C1)C2. The van der Waals surface area contributed by atoms with E-state index >= 15 is 0 Å². The largest absolute Gasteiger partial charge is 0.397 e. The number of nitrogens with zero attached hydrogens (tertiary/aromatic N) is 1. The summed E-state index contributed by atoms with van der Waals surface area (Å²) in [4.78, 5) is 14.0. The lowest BCUT2D eigenvalue weighted by atomic mass is 9.97. The molecule has 3 rings (SSSR count). The maximum Gasteiger partial charge on any atom is 0.242 e. The molecule has 4 nitrogen and oxygen atoms in total. The summed E-state index contributed by atoms with van der Waals surface area (Å²) in [6.07, 6.45) is 0.326. The normalized spacial score (nSPS) is 27.9. The molecule has 0 radical (unpaired) electrons. The van der Waals surface area contributed by atoms with Gasteiger partial charge in [0.05, 0.1) is 17.4 Å². The molecule has 1 unspecified atom stereocenters. The second-order valence-corrected chi connectivity index (χ2v) is 4.97. The zero-order valence-corrected chi connectivity index (χ0v) is 10.0. The highest BCUT2D eigenvalue weighted by Gasteiger charge is 2.35. The summed E-state index contributed by atoms with van der Waals surface area (Å²) < 4.78 is 13.2. The molecule has 1 aromatic carbocycles. The van der Waals surface area contributed by atoms with Crippen LogP contribution in [0.25, 0.3) is 0 Å². The lowest BCUT2D eigenvalue weighted by Crippen LogP contribution is -2.47. The van der Waals surface area contributed by atoms with Crippen molar-refractivity contribution in [3.05, 3.63) is 23.8 Å². The lowest BCUT2D eigenvalue weighted by Gasteiger charge is -2.31. The number of halogens is 1. The monoisotopic (exact) mass is 249 g/mol. The van der Waals surface area contributed by atoms with Gasteiger partial charge in [-0.05, 0) is 24.5 Å². The van der Waals surface area contributed by atoms with Gasteiger partial charge >= 0.3 is 0 Å². The van der Waals surface area contributed by atoms with Crippen molar-refractivity contribution in [1.29, 1.82) is 0 Å². The molecule has 1 amide bonds. The van der Waals surface area contributed by atoms with E-state index in [1.54, 1.807) is 6.07 Å². The molecule has 1 saturated heterocycles. The molecular weight excluding hydrogens is 233 g/mol. The van der Waals surface area contributed by atoms with Gasteiger partial charge in [0.1, 0.15) is 6.17 Å². The van der Waals surface area contributed by atoms with Gasteiger partial charge in [0.25, 0.3) is 0 Å². The first-order valence-corrected chi connectivity index (χ1v) is 6.21. The molecule has 3 N–H and O–H groups in total. The maximum atomic E-state index is 13.2. The number of nitrogens with two attached hydrogens (primary N) is 1. The van der Waals surface area contributed by atoms with Gasteiger partial charge in [0.2, 0.25) is 5.91 Å². The number of hydrogen-bond donors (Lipinski definition) is 2. The predicted molar refractivity (Wildman–Crippen MR) is 68.1 cm³/mol. The number of nitrogens with one attached hydrogen (secondary N) is 1. The number of carbonyl (C=O) groups excluding carboxylic acids is 1. The standard InChI is InChI=1S/C13H16FN3O/c14-9-4-5-17(7-9)11-6-8-2-1-3-10(15)12(8)16-13(11)18/h1-3,9,11H,4-7,15H2,(H,16,18)/t9-,11?/m0/s1. The van der Waals surface area contributed by atoms with Gasteiger partial charge in [-0.3, -0.25) is 9.69 Å². The van der Waals surface area contributed by atoms with Crippen LogP contribution >= 0.6 is 0 Å². The van der Waals surface area contributed by atoms with Crippen molar-refractivity contribution in [3.63, 3.8) is 0 Å². The molecule has 1 fully saturated rings. The number of nitrogen functional groups attached to an aromatic ring is 1. The van der Waals surface area contributed by atoms with Crippen LogP contribution in [0.3, 0.4) is 0 Å². The Morgan fingerprint density at radius 2 is 2.28 bits per heavy atom. The summed E-state index contributed by atoms with van der Waals surface area (Å²) >= 11 is 0. The number of benzene rings is 1. The van der Waals surface area contributed by atoms with E-state index in [1.807, 2.05) is 17.0 Å². The lowest BCUT2D eigenvalue weighted by molar-refractivity contribution is -0.121. The van der Waals surface area contributed by atoms with Gasteiger partial charge < -0.3 is 11.1 Å². The Balaban J connectivity index is 1.86. The molecule has 0 aliphatic carbocycles. The summed E-state index contributed by atoms with van der Waals surface area (Å²) in [5.41, 5.74) is 8.17. The van der Waals surface area contributed by atoms with E-state index in [2.05, 4.69) is 5.32 Å². The molecule has 18 heavy (non-hydrogen) atoms. The molecule has 2 heterocycles. The number of hydrogen-bond acceptors (Lipinski definition) is 3. The Morgan fingerprint density at radius 3 is 3.00 bits per heavy atom. The average molecular weight is 249 g/mol. The van der Waals surface area contributed by atoms with Crippen molar-refractivity contribution in [1.82, 2.24) is 4.90 Å². The van der Waals surface area contributed by atoms with E-state index in [4.69, 9.17) is 5.73 Å². The third kappa shape index (κ3) is 1.84. The number of rotatable bonds is 1. The van der Waals surface area contributed by atoms with Crippen LogP contribution in [0.2, 0.25) is 0 Å². The minimum Gasteiger partial charge on any atom is -0.397 e. The molecule has 0 bridgehead atoms. The van der Waals surface area contributed by atoms with Crippen molar-refractivity contribution in [2.45, 2.75) is 25.1 Å². The third-order valence-electron chi connectivity index (χ3n) is 3.75. The first kappa shape index (κ1) is 11.5. The second-order valence-electron chi connectivity index (χ2n) is 4.97. The second kappa shape index (κ2) is 4.24. The number of carbonyl (C=O) groups is 1. The Morgan fingerprint density at radius 1 is 1.44 bits per heavy atom. The summed E-state index contributed by atoms with van der Waals surface area (Å²) in [6, 6.07) is 5.35. The number of likely N-dealkylation sites (tertiary alicyclic amines) is 1. The van der Waals surface area contributed by atoms with Gasteiger partial charge in [-0.15, -0.1) is 0 Å². The molecule has 0 saturated carbocycles. The van der Waals surface area contributed by atoms with Crippen LogP contribution < -0.4 is 11.1 Å². The molecule has 0 aromatic heterocycles. The van der Waals surface area contributed by atoms with Crippen molar-refractivity contribution >= 4 is 17.3 Å². The summed E-state index contributed by atoms with van der Waals surface area (Å²) in [6.45, 7) is 1.01. The smallest absolute Gasteiger partial charge is 0.242 e. The van der Waals surface area contributed by atoms with E-state index < -0.39 is 6.17 Å². The van der Waals surface area contributed by atoms with E-state index in [0.717, 1.165) is 11.3 Å². The molecule has 1 aromatic rings. The van der Waals surface area contributed by atoms with E-state index in [9.17, 15) is 9.18 Å². The van der Waals surface area contributed by atoms with Crippen LogP contribution in [0.1, 0.15) is 12.0 Å². The highest BCUT2D eigenvalue weighted by molar-refractivity contribution is 6.00. The molecule has 96 valence electrons. The number of fused-ring (bicyclic) bond motifs is 1. The minimum absolute atomic E-state index is 0.0745. The number of anilines is 2. The van der Waals surface area contributed by atoms with Crippen LogP contribution in [0, 0.1) is 0 Å². The summed E-state index contributed by atoms with van der Waals surface area (Å²) in [7, 11) is 0. The quantitative estimate of drug-likeness (QED) is 0.735. The van der Waals surface area contributed by atoms with Gasteiger partial charge in [-0.25, -0.2) is 4.39 Å². The van der Waals surface area contributed by atoms with Crippen molar-refractivity contribution in [3.8, 4) is 0 Å². The fraction of sp³-hybridized carbons (Fsp3) is 0.462. The molecule has 0 spiro atoms. The highest BCUT2D eigenvalue weighted by atomic mass is 19.1. The van der Waals surface area contributed by atoms with E-state index in [-0.39, 0.29) is 11.9 Å². The molecule has 2 atom stereocenters. The molecule has 2 aliphatic heterocycles. The van der Waals surface area contributed by atoms with Crippen molar-refractivity contribution in [2.75, 3.05) is 24.1 Å². The maximum absolute atomic E-state index is 13.2. The topological polar surface area (TPSA) is 58.4 Å². The zero-order chi connectivity index (χ0) is 12.7. The van der Waals surface area contributed by atoms with Crippen molar-refractivity contribution < 1.29 is 9.18 Å². The summed E-state index contributed by atoms with van der Waals surface area (Å²) in [5, 5.41) is 2.84. The number of alkyl halides is 1. The van der Waals surface area contributed by atoms with Crippen LogP contribution in [0.5, 0.6) is 0 Å². The van der Waals surface area contributed by atoms with Gasteiger partial charge in [-0.1, -0.05) is 12.1 Å². The van der Waals surface area contributed by atoms with E-state index in [1.165, 1.54) is 0 Å². The molecular formula is C13H16FN3O. The minimum atomic E-state index is -0.806. The van der Waals surface area contributed by atoms with Crippen LogP contribution in [-0.4, -0.2) is 36.1 Å². The fourth-order valence-electron chi connectivity index (χ4n) is 2.77. The van der Waals surface area contributed by atoms with Crippen molar-refractivity contribution in [2.24, 2.45) is 0 Å². The molecule has 5 heteroatoms. The average Bonchev–Trinajstić information content (AvgIpc) is 2.76. The Bertz CT molecular complexity index is 491. The predicted octanol–water partition coefficient (Wildman–Crippen LogP) is 1.18. The van der Waals surface area contributed by atoms with Gasteiger partial charge in [-0.2, -0.15) is 0 Å². The van der Waals surface area contributed by atoms with E-state index in [0.29, 0.717) is 31.6 Å². The molecule has 2 aliphatic rings. The van der Waals surface area contributed by atoms with Crippen LogP contribution in [0.15, 0.2) is 18.2 Å². The fourth-order valence-corrected chi connectivity index (χ4v) is 2.77. The Labute approximate surface area is 105 Å². The summed E-state index contributed by atoms with van der Waals surface area (Å²) in [5.74, 6) is -0.0745. The number of amides is 1. The van der Waals surface area contributed by atoms with Crippen LogP contribution in [0.4, 0.5) is 15.8 Å². The zero-order valence-electron chi connectivity index (χ0n) is 10.0. The first-order chi connectivity index (χ1) is 8.65. The van der Waals surface area contributed by atoms with Gasteiger partial charge in [0, 0.05) is 13.1 Å². The van der Waals surface area contributed by atoms with Crippen LogP contribution in [-0.2, 0) is 11.2 Å². The van der Waals surface area contributed by atoms with Gasteiger partial charge in [0.15, 0.2) is 0 Å².